The van der Waals surface area contributed by atoms with Crippen molar-refractivity contribution in [3.8, 4) is 0 Å². The molecule has 0 spiro atoms. The van der Waals surface area contributed by atoms with Crippen molar-refractivity contribution in [2.45, 2.75) is 50.5 Å². The number of rotatable bonds is 4. The van der Waals surface area contributed by atoms with E-state index in [1.165, 1.54) is 0 Å². The third-order valence-corrected chi connectivity index (χ3v) is 3.39. The molecular weight excluding hydrogens is 194 g/mol. The molecule has 0 radical (unpaired) electrons. The van der Waals surface area contributed by atoms with Crippen molar-refractivity contribution in [2.24, 2.45) is 5.92 Å². The number of hydrogen-bond acceptors (Lipinski definition) is 2. The van der Waals surface area contributed by atoms with Crippen LogP contribution in [0.1, 0.15) is 44.9 Å². The summed E-state index contributed by atoms with van der Waals surface area (Å²) in [5, 5.41) is 11.8. The highest BCUT2D eigenvalue weighted by Crippen LogP contribution is 2.35. The van der Waals surface area contributed by atoms with Gasteiger partial charge in [-0.1, -0.05) is 12.8 Å². The Balaban J connectivity index is 1.97. The Morgan fingerprint density at radius 3 is 2.33 bits per heavy atom. The minimum absolute atomic E-state index is 0.0677. The van der Waals surface area contributed by atoms with Crippen molar-refractivity contribution in [3.05, 3.63) is 0 Å². The summed E-state index contributed by atoms with van der Waals surface area (Å²) in [5.41, 5.74) is -0.439. The average molecular weight is 211 g/mol. The third-order valence-electron chi connectivity index (χ3n) is 3.39. The van der Waals surface area contributed by atoms with E-state index in [-0.39, 0.29) is 18.2 Å². The Morgan fingerprint density at radius 1 is 1.27 bits per heavy atom. The van der Waals surface area contributed by atoms with Gasteiger partial charge in [0.05, 0.1) is 12.0 Å². The van der Waals surface area contributed by atoms with Crippen LogP contribution in [-0.4, -0.2) is 22.5 Å². The van der Waals surface area contributed by atoms with E-state index in [1.54, 1.807) is 0 Å². The van der Waals surface area contributed by atoms with Gasteiger partial charge < -0.3 is 10.4 Å². The number of nitrogens with one attached hydrogen (secondary N) is 1. The number of amides is 1. The van der Waals surface area contributed by atoms with Crippen LogP contribution in [0.4, 0.5) is 0 Å². The monoisotopic (exact) mass is 211 g/mol. The fraction of sp³-hybridized carbons (Fsp3) is 0.818. The van der Waals surface area contributed by atoms with Crippen molar-refractivity contribution >= 4 is 11.9 Å². The fourth-order valence-corrected chi connectivity index (χ4v) is 2.40. The lowest BCUT2D eigenvalue weighted by atomic mass is 9.93. The zero-order valence-corrected chi connectivity index (χ0v) is 8.79. The van der Waals surface area contributed by atoms with E-state index in [2.05, 4.69) is 5.32 Å². The molecule has 0 aromatic heterocycles. The first kappa shape index (κ1) is 10.5. The molecule has 0 aliphatic heterocycles. The lowest BCUT2D eigenvalue weighted by molar-refractivity contribution is -0.139. The summed E-state index contributed by atoms with van der Waals surface area (Å²) in [4.78, 5) is 22.4. The summed E-state index contributed by atoms with van der Waals surface area (Å²) >= 11 is 0. The SMILES string of the molecule is O=C(O)CC1(NC(=O)C2CC2)CCCC1. The molecule has 2 aliphatic carbocycles. The minimum Gasteiger partial charge on any atom is -0.481 e. The first-order valence-corrected chi connectivity index (χ1v) is 5.65. The van der Waals surface area contributed by atoms with E-state index in [0.717, 1.165) is 38.5 Å². The number of carboxylic acids is 1. The van der Waals surface area contributed by atoms with E-state index in [0.29, 0.717) is 0 Å². The highest BCUT2D eigenvalue weighted by Gasteiger charge is 2.40. The van der Waals surface area contributed by atoms with E-state index in [1.807, 2.05) is 0 Å². The fourth-order valence-electron chi connectivity index (χ4n) is 2.40. The third kappa shape index (κ3) is 2.49. The van der Waals surface area contributed by atoms with Crippen LogP contribution in [0.2, 0.25) is 0 Å². The first-order chi connectivity index (χ1) is 7.11. The predicted molar refractivity (Wildman–Crippen MR) is 54.3 cm³/mol. The van der Waals surface area contributed by atoms with Gasteiger partial charge in [0, 0.05) is 5.92 Å². The summed E-state index contributed by atoms with van der Waals surface area (Å²) in [5.74, 6) is -0.581. The van der Waals surface area contributed by atoms with Crippen LogP contribution in [0.25, 0.3) is 0 Å². The summed E-state index contributed by atoms with van der Waals surface area (Å²) in [7, 11) is 0. The molecule has 0 saturated heterocycles. The maximum Gasteiger partial charge on any atom is 0.305 e. The Morgan fingerprint density at radius 2 is 1.87 bits per heavy atom. The van der Waals surface area contributed by atoms with Crippen molar-refractivity contribution in [1.82, 2.24) is 5.32 Å². The molecule has 0 aromatic carbocycles. The van der Waals surface area contributed by atoms with Gasteiger partial charge in [0.1, 0.15) is 0 Å². The van der Waals surface area contributed by atoms with Crippen LogP contribution in [0.3, 0.4) is 0 Å². The molecule has 0 atom stereocenters. The number of hydrogen-bond donors (Lipinski definition) is 2. The van der Waals surface area contributed by atoms with Gasteiger partial charge in [-0.15, -0.1) is 0 Å². The molecule has 2 saturated carbocycles. The molecule has 2 rings (SSSR count). The smallest absolute Gasteiger partial charge is 0.305 e. The maximum absolute atomic E-state index is 11.6. The van der Waals surface area contributed by atoms with Crippen molar-refractivity contribution < 1.29 is 14.7 Å². The van der Waals surface area contributed by atoms with Gasteiger partial charge in [-0.25, -0.2) is 0 Å². The van der Waals surface area contributed by atoms with Gasteiger partial charge >= 0.3 is 5.97 Å². The second-order valence-electron chi connectivity index (χ2n) is 4.82. The Bertz CT molecular complexity index is 278. The Hall–Kier alpha value is -1.06. The molecular formula is C11H17NO3. The van der Waals surface area contributed by atoms with Gasteiger partial charge in [-0.05, 0) is 25.7 Å². The van der Waals surface area contributed by atoms with Gasteiger partial charge in [-0.3, -0.25) is 9.59 Å². The van der Waals surface area contributed by atoms with Crippen molar-refractivity contribution in [1.29, 1.82) is 0 Å². The summed E-state index contributed by atoms with van der Waals surface area (Å²) in [6, 6.07) is 0. The molecule has 0 bridgehead atoms. The second kappa shape index (κ2) is 3.83. The van der Waals surface area contributed by atoms with Gasteiger partial charge in [0.15, 0.2) is 0 Å². The normalized spacial score (nSPS) is 23.7. The van der Waals surface area contributed by atoms with Crippen LogP contribution < -0.4 is 5.32 Å². The molecule has 1 amide bonds. The minimum atomic E-state index is -0.812. The standard InChI is InChI=1S/C11H17NO3/c13-9(14)7-11(5-1-2-6-11)12-10(15)8-3-4-8/h8H,1-7H2,(H,12,15)(H,13,14). The average Bonchev–Trinajstić information content (AvgIpc) is 2.89. The Kier molecular flexibility index (Phi) is 2.67. The van der Waals surface area contributed by atoms with Gasteiger partial charge in [-0.2, -0.15) is 0 Å². The van der Waals surface area contributed by atoms with Crippen molar-refractivity contribution in [3.63, 3.8) is 0 Å². The van der Waals surface area contributed by atoms with Crippen LogP contribution in [0.5, 0.6) is 0 Å². The molecule has 15 heavy (non-hydrogen) atoms. The lowest BCUT2D eigenvalue weighted by Gasteiger charge is -2.28. The number of carbonyl (C=O) groups is 2. The summed E-state index contributed by atoms with van der Waals surface area (Å²) in [6.07, 6.45) is 5.70. The quantitative estimate of drug-likeness (QED) is 0.736. The maximum atomic E-state index is 11.6. The van der Waals surface area contributed by atoms with Crippen molar-refractivity contribution in [2.75, 3.05) is 0 Å². The van der Waals surface area contributed by atoms with Crippen LogP contribution >= 0.6 is 0 Å². The van der Waals surface area contributed by atoms with Gasteiger partial charge in [0.2, 0.25) is 5.91 Å². The molecule has 0 aromatic rings. The zero-order chi connectivity index (χ0) is 10.9. The topological polar surface area (TPSA) is 66.4 Å². The summed E-state index contributed by atoms with van der Waals surface area (Å²) in [6.45, 7) is 0. The zero-order valence-electron chi connectivity index (χ0n) is 8.79. The molecule has 4 heteroatoms. The molecule has 4 nitrogen and oxygen atoms in total. The molecule has 0 unspecified atom stereocenters. The van der Waals surface area contributed by atoms with Crippen LogP contribution in [0, 0.1) is 5.92 Å². The Labute approximate surface area is 89.0 Å². The number of aliphatic carboxylic acids is 1. The highest BCUT2D eigenvalue weighted by molar-refractivity contribution is 5.82. The largest absolute Gasteiger partial charge is 0.481 e. The second-order valence-corrected chi connectivity index (χ2v) is 4.82. The predicted octanol–water partition coefficient (Wildman–Crippen LogP) is 1.30. The van der Waals surface area contributed by atoms with E-state index >= 15 is 0 Å². The lowest BCUT2D eigenvalue weighted by Crippen LogP contribution is -2.48. The van der Waals surface area contributed by atoms with E-state index in [9.17, 15) is 9.59 Å². The highest BCUT2D eigenvalue weighted by atomic mass is 16.4. The van der Waals surface area contributed by atoms with Crippen LogP contribution in [-0.2, 0) is 9.59 Å². The molecule has 84 valence electrons. The van der Waals surface area contributed by atoms with E-state index in [4.69, 9.17) is 5.11 Å². The molecule has 2 aliphatic rings. The molecule has 2 fully saturated rings. The first-order valence-electron chi connectivity index (χ1n) is 5.65. The summed E-state index contributed by atoms with van der Waals surface area (Å²) < 4.78 is 0. The number of carboxylic acid groups (broad SMARTS) is 1. The molecule has 0 heterocycles. The van der Waals surface area contributed by atoms with E-state index < -0.39 is 11.5 Å². The van der Waals surface area contributed by atoms with Gasteiger partial charge in [0.25, 0.3) is 0 Å². The number of carbonyl (C=O) groups excluding carboxylic acids is 1. The molecule has 2 N–H and O–H groups in total. The van der Waals surface area contributed by atoms with Crippen LogP contribution in [0.15, 0.2) is 0 Å².